The van der Waals surface area contributed by atoms with Gasteiger partial charge in [0.25, 0.3) is 5.91 Å². The van der Waals surface area contributed by atoms with Crippen LogP contribution in [0.4, 0.5) is 5.82 Å². The molecule has 0 bridgehead atoms. The van der Waals surface area contributed by atoms with Gasteiger partial charge < -0.3 is 19.6 Å². The smallest absolute Gasteiger partial charge is 0.323 e. The van der Waals surface area contributed by atoms with Gasteiger partial charge in [-0.2, -0.15) is 0 Å². The number of hydrogen-bond acceptors (Lipinski definition) is 5. The molecule has 1 amide bonds. The SMILES string of the molecule is CC1CN(c2ccc(C(=O)N(C)CC(=O)O)cn2)CC(C)O1. The summed E-state index contributed by atoms with van der Waals surface area (Å²) in [4.78, 5) is 30.3. The number of rotatable bonds is 4. The van der Waals surface area contributed by atoms with Crippen LogP contribution in [0.25, 0.3) is 0 Å². The number of aromatic nitrogens is 1. The Balaban J connectivity index is 2.06. The van der Waals surface area contributed by atoms with E-state index in [1.807, 2.05) is 13.8 Å². The van der Waals surface area contributed by atoms with Gasteiger partial charge >= 0.3 is 5.97 Å². The van der Waals surface area contributed by atoms with Crippen molar-refractivity contribution in [2.24, 2.45) is 0 Å². The van der Waals surface area contributed by atoms with Crippen LogP contribution >= 0.6 is 0 Å². The number of morpholine rings is 1. The molecule has 7 nitrogen and oxygen atoms in total. The summed E-state index contributed by atoms with van der Waals surface area (Å²) in [6, 6.07) is 3.46. The largest absolute Gasteiger partial charge is 0.480 e. The van der Waals surface area contributed by atoms with Gasteiger partial charge in [0.05, 0.1) is 17.8 Å². The number of amides is 1. The molecule has 1 N–H and O–H groups in total. The summed E-state index contributed by atoms with van der Waals surface area (Å²) in [5.41, 5.74) is 0.377. The maximum Gasteiger partial charge on any atom is 0.323 e. The Morgan fingerprint density at radius 2 is 2.00 bits per heavy atom. The molecule has 0 aliphatic carbocycles. The van der Waals surface area contributed by atoms with Gasteiger partial charge in [0.2, 0.25) is 0 Å². The van der Waals surface area contributed by atoms with Crippen LogP contribution in [0.15, 0.2) is 18.3 Å². The highest BCUT2D eigenvalue weighted by molar-refractivity contribution is 5.95. The molecule has 1 saturated heterocycles. The molecular formula is C15H21N3O4. The van der Waals surface area contributed by atoms with Crippen molar-refractivity contribution in [3.8, 4) is 0 Å². The van der Waals surface area contributed by atoms with Gasteiger partial charge in [0, 0.05) is 26.3 Å². The topological polar surface area (TPSA) is 83.0 Å². The van der Waals surface area contributed by atoms with Crippen molar-refractivity contribution in [2.75, 3.05) is 31.6 Å². The molecule has 2 rings (SSSR count). The number of anilines is 1. The van der Waals surface area contributed by atoms with Crippen molar-refractivity contribution in [1.29, 1.82) is 0 Å². The van der Waals surface area contributed by atoms with Crippen LogP contribution in [-0.2, 0) is 9.53 Å². The van der Waals surface area contributed by atoms with Crippen LogP contribution in [0.1, 0.15) is 24.2 Å². The molecule has 1 aromatic rings. The average Bonchev–Trinajstić information content (AvgIpc) is 2.45. The van der Waals surface area contributed by atoms with Crippen LogP contribution in [0.2, 0.25) is 0 Å². The first kappa shape index (κ1) is 16.2. The van der Waals surface area contributed by atoms with Gasteiger partial charge in [-0.15, -0.1) is 0 Å². The van der Waals surface area contributed by atoms with E-state index in [2.05, 4.69) is 9.88 Å². The highest BCUT2D eigenvalue weighted by Gasteiger charge is 2.23. The second-order valence-electron chi connectivity index (χ2n) is 5.62. The number of nitrogens with zero attached hydrogens (tertiary/aromatic N) is 3. The Kier molecular flexibility index (Phi) is 4.97. The van der Waals surface area contributed by atoms with Crippen molar-refractivity contribution in [3.05, 3.63) is 23.9 Å². The first-order valence-electron chi connectivity index (χ1n) is 7.20. The molecule has 22 heavy (non-hydrogen) atoms. The minimum absolute atomic E-state index is 0.133. The van der Waals surface area contributed by atoms with Gasteiger partial charge in [-0.25, -0.2) is 4.98 Å². The van der Waals surface area contributed by atoms with E-state index in [0.717, 1.165) is 23.8 Å². The summed E-state index contributed by atoms with van der Waals surface area (Å²) in [5.74, 6) is -0.610. The molecule has 0 spiro atoms. The minimum atomic E-state index is -1.04. The van der Waals surface area contributed by atoms with Crippen molar-refractivity contribution >= 4 is 17.7 Å². The van der Waals surface area contributed by atoms with Crippen LogP contribution in [0, 0.1) is 0 Å². The van der Waals surface area contributed by atoms with E-state index in [0.29, 0.717) is 5.56 Å². The maximum atomic E-state index is 12.1. The number of ether oxygens (including phenoxy) is 1. The summed E-state index contributed by atoms with van der Waals surface area (Å²) in [6.07, 6.45) is 1.75. The highest BCUT2D eigenvalue weighted by atomic mass is 16.5. The molecule has 120 valence electrons. The van der Waals surface area contributed by atoms with Crippen LogP contribution in [0.5, 0.6) is 0 Å². The molecule has 1 aliphatic rings. The third-order valence-corrected chi connectivity index (χ3v) is 3.46. The highest BCUT2D eigenvalue weighted by Crippen LogP contribution is 2.18. The second-order valence-corrected chi connectivity index (χ2v) is 5.62. The van der Waals surface area contributed by atoms with Gasteiger partial charge in [-0.05, 0) is 26.0 Å². The van der Waals surface area contributed by atoms with Crippen LogP contribution in [-0.4, -0.2) is 65.8 Å². The third-order valence-electron chi connectivity index (χ3n) is 3.46. The number of carboxylic acid groups (broad SMARTS) is 1. The normalized spacial score (nSPS) is 21.5. The van der Waals surface area contributed by atoms with E-state index in [1.165, 1.54) is 13.2 Å². The van der Waals surface area contributed by atoms with E-state index in [9.17, 15) is 9.59 Å². The van der Waals surface area contributed by atoms with E-state index in [1.54, 1.807) is 12.1 Å². The molecule has 2 unspecified atom stereocenters. The fourth-order valence-electron chi connectivity index (χ4n) is 2.56. The Hall–Kier alpha value is -2.15. The Labute approximate surface area is 129 Å². The monoisotopic (exact) mass is 307 g/mol. The van der Waals surface area contributed by atoms with E-state index in [4.69, 9.17) is 9.84 Å². The lowest BCUT2D eigenvalue weighted by atomic mass is 10.2. The number of aliphatic carboxylic acids is 1. The fraction of sp³-hybridized carbons (Fsp3) is 0.533. The molecule has 0 radical (unpaired) electrons. The predicted octanol–water partition coefficient (Wildman–Crippen LogP) is 0.852. The van der Waals surface area contributed by atoms with E-state index >= 15 is 0 Å². The fourth-order valence-corrected chi connectivity index (χ4v) is 2.56. The molecule has 0 saturated carbocycles. The van der Waals surface area contributed by atoms with Crippen LogP contribution in [0.3, 0.4) is 0 Å². The maximum absolute atomic E-state index is 12.1. The second kappa shape index (κ2) is 6.74. The Morgan fingerprint density at radius 1 is 1.36 bits per heavy atom. The number of pyridine rings is 1. The van der Waals surface area contributed by atoms with Gasteiger partial charge in [-0.1, -0.05) is 0 Å². The van der Waals surface area contributed by atoms with Crippen molar-refractivity contribution in [3.63, 3.8) is 0 Å². The quantitative estimate of drug-likeness (QED) is 0.888. The lowest BCUT2D eigenvalue weighted by molar-refractivity contribution is -0.137. The molecule has 1 fully saturated rings. The minimum Gasteiger partial charge on any atom is -0.480 e. The molecular weight excluding hydrogens is 286 g/mol. The van der Waals surface area contributed by atoms with E-state index < -0.39 is 5.97 Å². The standard InChI is InChI=1S/C15H21N3O4/c1-10-7-18(8-11(2)22-10)13-5-4-12(6-16-13)15(21)17(3)9-14(19)20/h4-6,10-11H,7-9H2,1-3H3,(H,19,20). The third kappa shape index (κ3) is 3.94. The molecule has 1 aromatic heterocycles. The number of carbonyl (C=O) groups excluding carboxylic acids is 1. The summed E-state index contributed by atoms with van der Waals surface area (Å²) in [7, 11) is 1.45. The zero-order valence-electron chi connectivity index (χ0n) is 13.0. The zero-order chi connectivity index (χ0) is 16.3. The summed E-state index contributed by atoms with van der Waals surface area (Å²) in [5, 5.41) is 8.72. The lowest BCUT2D eigenvalue weighted by Crippen LogP contribution is -2.45. The van der Waals surface area contributed by atoms with Gasteiger partial charge in [0.15, 0.2) is 0 Å². The number of likely N-dealkylation sites (N-methyl/N-ethyl adjacent to an activating group) is 1. The van der Waals surface area contributed by atoms with Gasteiger partial charge in [0.1, 0.15) is 12.4 Å². The molecule has 7 heteroatoms. The average molecular weight is 307 g/mol. The first-order valence-corrected chi connectivity index (χ1v) is 7.20. The molecule has 2 heterocycles. The van der Waals surface area contributed by atoms with Crippen molar-refractivity contribution in [1.82, 2.24) is 9.88 Å². The Bertz CT molecular complexity index is 536. The molecule has 0 aromatic carbocycles. The van der Waals surface area contributed by atoms with Crippen molar-refractivity contribution in [2.45, 2.75) is 26.1 Å². The first-order chi connectivity index (χ1) is 10.4. The van der Waals surface area contributed by atoms with Crippen molar-refractivity contribution < 1.29 is 19.4 Å². The van der Waals surface area contributed by atoms with E-state index in [-0.39, 0.29) is 24.7 Å². The van der Waals surface area contributed by atoms with Gasteiger partial charge in [-0.3, -0.25) is 9.59 Å². The number of carbonyl (C=O) groups is 2. The number of carboxylic acids is 1. The predicted molar refractivity (Wildman–Crippen MR) is 81.1 cm³/mol. The molecule has 1 aliphatic heterocycles. The Morgan fingerprint density at radius 3 is 2.50 bits per heavy atom. The lowest BCUT2D eigenvalue weighted by Gasteiger charge is -2.36. The molecule has 2 atom stereocenters. The summed E-state index contributed by atoms with van der Waals surface area (Å²) in [6.45, 7) is 5.20. The summed E-state index contributed by atoms with van der Waals surface area (Å²) < 4.78 is 5.68. The summed E-state index contributed by atoms with van der Waals surface area (Å²) >= 11 is 0. The zero-order valence-corrected chi connectivity index (χ0v) is 13.0. The number of hydrogen-bond donors (Lipinski definition) is 1. The van der Waals surface area contributed by atoms with Crippen LogP contribution < -0.4 is 4.90 Å².